The van der Waals surface area contributed by atoms with E-state index in [1.165, 1.54) is 25.1 Å². The van der Waals surface area contributed by atoms with Crippen molar-refractivity contribution in [2.45, 2.75) is 132 Å². The van der Waals surface area contributed by atoms with Gasteiger partial charge in [-0.1, -0.05) is 42.7 Å². The Morgan fingerprint density at radius 1 is 1.16 bits per heavy atom. The summed E-state index contributed by atoms with van der Waals surface area (Å²) < 4.78 is 83.0. The number of aryl methyl sites for hydroxylation is 1. The first-order valence-corrected chi connectivity index (χ1v) is 20.9. The van der Waals surface area contributed by atoms with Crippen molar-refractivity contribution in [2.75, 3.05) is 6.54 Å². The van der Waals surface area contributed by atoms with Crippen LogP contribution in [0, 0.1) is 0 Å². The number of benzene rings is 1. The van der Waals surface area contributed by atoms with Crippen LogP contribution in [0.4, 0.5) is 18.0 Å². The minimum absolute atomic E-state index is 0.0387. The molecule has 1 aromatic carbocycles. The number of alkyl carbamates (subject to hydrolysis) is 1. The highest BCUT2D eigenvalue weighted by Gasteiger charge is 2.56. The summed E-state index contributed by atoms with van der Waals surface area (Å²) in [5.74, 6) is -3.24. The van der Waals surface area contributed by atoms with E-state index < -0.39 is 85.5 Å². The van der Waals surface area contributed by atoms with E-state index >= 15 is 0 Å². The van der Waals surface area contributed by atoms with Crippen LogP contribution in [0.1, 0.15) is 96.2 Å². The van der Waals surface area contributed by atoms with Gasteiger partial charge in [-0.2, -0.15) is 13.2 Å². The van der Waals surface area contributed by atoms with Gasteiger partial charge in [0.2, 0.25) is 21.8 Å². The number of fused-ring (bicyclic) bond motifs is 4. The Balaban J connectivity index is 1.42. The Kier molecular flexibility index (Phi) is 11.7. The summed E-state index contributed by atoms with van der Waals surface area (Å²) in [7, 11) is -4.17. The first kappa shape index (κ1) is 42.2. The lowest BCUT2D eigenvalue weighted by Crippen LogP contribution is -2.62. The number of aromatic nitrogens is 1. The van der Waals surface area contributed by atoms with Crippen molar-refractivity contribution in [3.63, 3.8) is 0 Å². The minimum atomic E-state index is -4.94. The van der Waals surface area contributed by atoms with Gasteiger partial charge in [-0.05, 0) is 83.9 Å². The molecule has 1 aromatic heterocycles. The average Bonchev–Trinajstić information content (AvgIpc) is 3.80. The molecular formula is C39H47ClF3N5O8S. The van der Waals surface area contributed by atoms with Crippen molar-refractivity contribution in [2.24, 2.45) is 0 Å². The number of hydrogen-bond acceptors (Lipinski definition) is 9. The highest BCUT2D eigenvalue weighted by atomic mass is 35.5. The molecule has 57 heavy (non-hydrogen) atoms. The summed E-state index contributed by atoms with van der Waals surface area (Å²) in [5, 5.41) is 5.92. The fourth-order valence-corrected chi connectivity index (χ4v) is 9.14. The summed E-state index contributed by atoms with van der Waals surface area (Å²) in [4.78, 5) is 61.2. The van der Waals surface area contributed by atoms with E-state index in [2.05, 4.69) is 26.9 Å². The monoisotopic (exact) mass is 837 g/mol. The molecule has 0 bridgehead atoms. The topological polar surface area (TPSA) is 173 Å². The molecule has 4 aliphatic rings. The molecule has 13 nitrogen and oxygen atoms in total. The highest BCUT2D eigenvalue weighted by Crippen LogP contribution is 2.49. The van der Waals surface area contributed by atoms with Crippen LogP contribution >= 0.6 is 11.6 Å². The van der Waals surface area contributed by atoms with E-state index in [1.54, 1.807) is 26.0 Å². The van der Waals surface area contributed by atoms with Crippen molar-refractivity contribution in [3.05, 3.63) is 59.3 Å². The molecule has 3 aliphatic heterocycles. The molecule has 1 saturated heterocycles. The van der Waals surface area contributed by atoms with Crippen molar-refractivity contribution in [1.29, 1.82) is 0 Å². The number of hydrogen-bond donors (Lipinski definition) is 3. The third-order valence-corrected chi connectivity index (χ3v) is 13.6. The van der Waals surface area contributed by atoms with Crippen molar-refractivity contribution in [1.82, 2.24) is 25.2 Å². The number of pyridine rings is 1. The summed E-state index contributed by atoms with van der Waals surface area (Å²) in [6.45, 7) is 8.18. The zero-order valence-corrected chi connectivity index (χ0v) is 33.5. The molecule has 0 radical (unpaired) electrons. The van der Waals surface area contributed by atoms with Gasteiger partial charge in [-0.15, -0.1) is 6.58 Å². The van der Waals surface area contributed by atoms with Crippen LogP contribution in [-0.4, -0.2) is 82.7 Å². The maximum atomic E-state index is 14.7. The SMILES string of the molecule is C=C[C@]1(C(=O)NS(=O)(=O)C2(C)CC2)C/C=C\CCCCC[C@H](NC(=O)OC(C)C)C(=O)N2C[C@@]3(CCc4c(c(C(F)(F)F)nc5ccc(Cl)cc45)O3)C[C@H]2C(=O)N1. The summed E-state index contributed by atoms with van der Waals surface area (Å²) >= 11 is 6.24. The molecule has 2 fully saturated rings. The zero-order chi connectivity index (χ0) is 41.6. The molecule has 2 aromatic rings. The molecule has 6 rings (SSSR count). The Morgan fingerprint density at radius 3 is 2.56 bits per heavy atom. The summed E-state index contributed by atoms with van der Waals surface area (Å²) in [5.41, 5.74) is -4.58. The minimum Gasteiger partial charge on any atom is -0.483 e. The molecule has 4 amide bonds. The zero-order valence-electron chi connectivity index (χ0n) is 32.0. The maximum absolute atomic E-state index is 14.7. The van der Waals surface area contributed by atoms with Gasteiger partial charge in [-0.3, -0.25) is 19.1 Å². The molecule has 4 atom stereocenters. The molecule has 310 valence electrons. The number of rotatable bonds is 6. The molecule has 0 unspecified atom stereocenters. The predicted molar refractivity (Wildman–Crippen MR) is 205 cm³/mol. The Bertz CT molecular complexity index is 2110. The number of carbonyl (C=O) groups excluding carboxylic acids is 4. The van der Waals surface area contributed by atoms with Crippen molar-refractivity contribution < 1.29 is 50.2 Å². The van der Waals surface area contributed by atoms with E-state index in [4.69, 9.17) is 21.1 Å². The molecular weight excluding hydrogens is 791 g/mol. The average molecular weight is 838 g/mol. The first-order chi connectivity index (χ1) is 26.7. The molecule has 4 heterocycles. The second kappa shape index (κ2) is 15.8. The van der Waals surface area contributed by atoms with Crippen LogP contribution in [0.15, 0.2) is 43.0 Å². The van der Waals surface area contributed by atoms with Gasteiger partial charge < -0.3 is 25.0 Å². The third-order valence-electron chi connectivity index (χ3n) is 11.2. The highest BCUT2D eigenvalue weighted by molar-refractivity contribution is 7.91. The molecule has 1 spiro atoms. The smallest absolute Gasteiger partial charge is 0.437 e. The van der Waals surface area contributed by atoms with Crippen molar-refractivity contribution >= 4 is 56.3 Å². The normalized spacial score (nSPS) is 27.3. The van der Waals surface area contributed by atoms with Crippen LogP contribution in [0.3, 0.4) is 0 Å². The van der Waals surface area contributed by atoms with Gasteiger partial charge >= 0.3 is 12.3 Å². The van der Waals surface area contributed by atoms with Crippen LogP contribution in [0.25, 0.3) is 10.9 Å². The van der Waals surface area contributed by atoms with Gasteiger partial charge in [0.25, 0.3) is 5.91 Å². The number of nitrogens with zero attached hydrogens (tertiary/aromatic N) is 2. The first-order valence-electron chi connectivity index (χ1n) is 19.1. The summed E-state index contributed by atoms with van der Waals surface area (Å²) in [6.07, 6.45) is 0.977. The number of halogens is 4. The lowest BCUT2D eigenvalue weighted by molar-refractivity contribution is -0.144. The van der Waals surface area contributed by atoms with E-state index in [9.17, 15) is 40.8 Å². The largest absolute Gasteiger partial charge is 0.483 e. The van der Waals surface area contributed by atoms with Gasteiger partial charge in [0.15, 0.2) is 11.4 Å². The maximum Gasteiger partial charge on any atom is 0.437 e. The van der Waals surface area contributed by atoms with Crippen LogP contribution in [0.2, 0.25) is 5.02 Å². The number of allylic oxidation sites excluding steroid dienone is 1. The number of nitrogens with one attached hydrogen (secondary N) is 3. The quantitative estimate of drug-likeness (QED) is 0.294. The van der Waals surface area contributed by atoms with Crippen molar-refractivity contribution in [3.8, 4) is 5.75 Å². The lowest BCUT2D eigenvalue weighted by Gasteiger charge is -2.37. The number of carbonyl (C=O) groups is 4. The number of sulfonamides is 1. The van der Waals surface area contributed by atoms with Gasteiger partial charge in [0.05, 0.1) is 22.9 Å². The number of ether oxygens (including phenoxy) is 2. The van der Waals surface area contributed by atoms with Gasteiger partial charge in [0.1, 0.15) is 23.2 Å². The van der Waals surface area contributed by atoms with E-state index in [1.807, 2.05) is 0 Å². The molecule has 18 heteroatoms. The van der Waals surface area contributed by atoms with E-state index in [-0.39, 0.29) is 54.8 Å². The van der Waals surface area contributed by atoms with E-state index in [0.717, 1.165) is 11.0 Å². The van der Waals surface area contributed by atoms with Gasteiger partial charge in [-0.25, -0.2) is 18.2 Å². The summed E-state index contributed by atoms with van der Waals surface area (Å²) in [6, 6.07) is 1.67. The van der Waals surface area contributed by atoms with Crippen LogP contribution < -0.4 is 20.1 Å². The second-order valence-corrected chi connectivity index (χ2v) is 18.5. The Labute approximate surface area is 334 Å². The van der Waals surface area contributed by atoms with Crippen LogP contribution in [-0.2, 0) is 41.7 Å². The fraction of sp³-hybridized carbons (Fsp3) is 0.564. The lowest BCUT2D eigenvalue weighted by atomic mass is 9.86. The van der Waals surface area contributed by atoms with Gasteiger partial charge in [0, 0.05) is 28.8 Å². The Hall–Kier alpha value is -4.38. The number of alkyl halides is 3. The molecule has 3 N–H and O–H groups in total. The Morgan fingerprint density at radius 2 is 1.89 bits per heavy atom. The molecule has 1 saturated carbocycles. The molecule has 1 aliphatic carbocycles. The number of amides is 4. The second-order valence-electron chi connectivity index (χ2n) is 15.9. The predicted octanol–water partition coefficient (Wildman–Crippen LogP) is 6.02. The fourth-order valence-electron chi connectivity index (χ4n) is 7.66. The third kappa shape index (κ3) is 8.74. The van der Waals surface area contributed by atoms with Crippen LogP contribution in [0.5, 0.6) is 5.75 Å². The standard InChI is InChI=1S/C39H47ClF3N5O8S/c1-5-38(34(51)47-57(53,54)36(4)18-19-36)16-11-9-7-6-8-10-12-28(45-35(52)55-23(2)3)33(50)48-22-37(21-29(48)32(49)46-38)17-15-25-26-20-24(40)13-14-27(26)44-31(30(25)56-37)39(41,42)43/h5,9,11,13-14,20,23,28-29H,1,6-8,10,12,15-19,21-22H2,2-4H3,(H,45,52)(H,46,49)(H,47,51)/b11-9-/t28-,29-,37+,38+/m0/s1. The van der Waals surface area contributed by atoms with E-state index in [0.29, 0.717) is 43.9 Å².